The number of benzene rings is 1. The fourth-order valence-electron chi connectivity index (χ4n) is 2.47. The molecule has 0 unspecified atom stereocenters. The van der Waals surface area contributed by atoms with E-state index < -0.39 is 0 Å². The van der Waals surface area contributed by atoms with Crippen molar-refractivity contribution in [1.82, 2.24) is 9.88 Å². The molecule has 130 valence electrons. The van der Waals surface area contributed by atoms with Crippen LogP contribution in [0.5, 0.6) is 5.75 Å². The summed E-state index contributed by atoms with van der Waals surface area (Å²) >= 11 is 3.23. The van der Waals surface area contributed by atoms with Gasteiger partial charge in [-0.2, -0.15) is 11.3 Å². The first-order valence-electron chi connectivity index (χ1n) is 8.09. The molecule has 1 amide bonds. The molecule has 3 aromatic rings. The molecule has 6 heteroatoms. The summed E-state index contributed by atoms with van der Waals surface area (Å²) < 4.78 is 5.63. The van der Waals surface area contributed by atoms with Crippen LogP contribution in [0.2, 0.25) is 0 Å². The molecule has 0 spiro atoms. The van der Waals surface area contributed by atoms with Crippen molar-refractivity contribution >= 4 is 28.6 Å². The molecular weight excluding hydrogens is 352 g/mol. The van der Waals surface area contributed by atoms with Crippen LogP contribution in [0.4, 0.5) is 0 Å². The lowest BCUT2D eigenvalue weighted by Crippen LogP contribution is -2.28. The summed E-state index contributed by atoms with van der Waals surface area (Å²) in [5.74, 6) is 0.881. The number of hydrogen-bond acceptors (Lipinski definition) is 5. The molecule has 2 heterocycles. The second kappa shape index (κ2) is 8.27. The Morgan fingerprint density at radius 2 is 2.08 bits per heavy atom. The summed E-state index contributed by atoms with van der Waals surface area (Å²) in [5, 5.41) is 7.03. The van der Waals surface area contributed by atoms with Crippen molar-refractivity contribution in [3.63, 3.8) is 0 Å². The first-order chi connectivity index (χ1) is 12.2. The monoisotopic (exact) mass is 372 g/mol. The number of rotatable bonds is 7. The first kappa shape index (κ1) is 17.6. The second-order valence-electron chi connectivity index (χ2n) is 5.62. The largest absolute Gasteiger partial charge is 0.494 e. The highest BCUT2D eigenvalue weighted by Crippen LogP contribution is 2.26. The Kier molecular flexibility index (Phi) is 5.83. The number of nitrogens with zero attached hydrogens (tertiary/aromatic N) is 2. The normalized spacial score (nSPS) is 10.6. The smallest absolute Gasteiger partial charge is 0.228 e. The van der Waals surface area contributed by atoms with Crippen LogP contribution in [0.25, 0.3) is 10.6 Å². The highest BCUT2D eigenvalue weighted by Gasteiger charge is 2.15. The average Bonchev–Trinajstić information content (AvgIpc) is 3.28. The summed E-state index contributed by atoms with van der Waals surface area (Å²) in [6.07, 6.45) is 0.313. The number of para-hydroxylation sites is 1. The van der Waals surface area contributed by atoms with E-state index in [0.717, 1.165) is 27.6 Å². The van der Waals surface area contributed by atoms with Crippen molar-refractivity contribution < 1.29 is 9.53 Å². The molecule has 1 aromatic carbocycles. The Balaban J connectivity index is 1.63. The van der Waals surface area contributed by atoms with Gasteiger partial charge in [-0.1, -0.05) is 18.2 Å². The number of carbonyl (C=O) groups is 1. The molecule has 25 heavy (non-hydrogen) atoms. The van der Waals surface area contributed by atoms with Gasteiger partial charge in [0.25, 0.3) is 0 Å². The highest BCUT2D eigenvalue weighted by atomic mass is 32.1. The third-order valence-electron chi connectivity index (χ3n) is 3.76. The Bertz CT molecular complexity index is 828. The number of thiophene rings is 1. The van der Waals surface area contributed by atoms with Gasteiger partial charge in [0.05, 0.1) is 18.7 Å². The Morgan fingerprint density at radius 3 is 2.84 bits per heavy atom. The maximum atomic E-state index is 12.5. The molecule has 0 radical (unpaired) electrons. The molecule has 0 N–H and O–H groups in total. The molecule has 4 nitrogen and oxygen atoms in total. The maximum absolute atomic E-state index is 12.5. The zero-order valence-corrected chi connectivity index (χ0v) is 15.9. The molecule has 0 bridgehead atoms. The molecule has 0 saturated heterocycles. The molecular formula is C19H20N2O2S2. The van der Waals surface area contributed by atoms with Gasteiger partial charge in [-0.15, -0.1) is 11.3 Å². The second-order valence-corrected chi connectivity index (χ2v) is 7.26. The average molecular weight is 373 g/mol. The minimum atomic E-state index is 0.0495. The van der Waals surface area contributed by atoms with Gasteiger partial charge in [-0.05, 0) is 24.4 Å². The Morgan fingerprint density at radius 1 is 1.24 bits per heavy atom. The topological polar surface area (TPSA) is 42.4 Å². The van der Waals surface area contributed by atoms with Gasteiger partial charge in [-0.25, -0.2) is 4.98 Å². The Hall–Kier alpha value is -2.18. The molecule has 0 aliphatic carbocycles. The van der Waals surface area contributed by atoms with E-state index in [-0.39, 0.29) is 5.91 Å². The predicted octanol–water partition coefficient (Wildman–Crippen LogP) is 4.47. The zero-order valence-electron chi connectivity index (χ0n) is 14.3. The minimum absolute atomic E-state index is 0.0495. The predicted molar refractivity (Wildman–Crippen MR) is 103 cm³/mol. The van der Waals surface area contributed by atoms with Crippen molar-refractivity contribution in [3.8, 4) is 16.3 Å². The molecule has 0 saturated carbocycles. The third-order valence-corrected chi connectivity index (χ3v) is 5.38. The quantitative estimate of drug-likeness (QED) is 0.614. The summed E-state index contributed by atoms with van der Waals surface area (Å²) in [5.41, 5.74) is 2.95. The third kappa shape index (κ3) is 4.46. The molecule has 0 atom stereocenters. The van der Waals surface area contributed by atoms with E-state index in [4.69, 9.17) is 4.74 Å². The van der Waals surface area contributed by atoms with E-state index in [0.29, 0.717) is 19.6 Å². The van der Waals surface area contributed by atoms with Crippen LogP contribution in [-0.2, 0) is 17.8 Å². The summed E-state index contributed by atoms with van der Waals surface area (Å²) in [4.78, 5) is 18.8. The van der Waals surface area contributed by atoms with Crippen LogP contribution >= 0.6 is 22.7 Å². The van der Waals surface area contributed by atoms with Crippen molar-refractivity contribution in [3.05, 3.63) is 57.7 Å². The molecule has 0 aliphatic rings. The number of thiazole rings is 1. The number of ether oxygens (including phenoxy) is 1. The number of aromatic nitrogens is 1. The van der Waals surface area contributed by atoms with E-state index in [9.17, 15) is 4.79 Å². The standard InChI is InChI=1S/C19H20N2O2S2/c1-3-23-17-7-5-4-6-14(17)11-21(2)18(22)10-16-13-25-19(20-16)15-8-9-24-12-15/h4-9,12-13H,3,10-11H2,1-2H3. The highest BCUT2D eigenvalue weighted by molar-refractivity contribution is 7.14. The number of carbonyl (C=O) groups excluding carboxylic acids is 1. The van der Waals surface area contributed by atoms with E-state index in [1.54, 1.807) is 27.6 Å². The Labute approximate surface area is 155 Å². The van der Waals surface area contributed by atoms with Crippen LogP contribution < -0.4 is 4.74 Å². The lowest BCUT2D eigenvalue weighted by molar-refractivity contribution is -0.129. The lowest BCUT2D eigenvalue weighted by Gasteiger charge is -2.19. The lowest BCUT2D eigenvalue weighted by atomic mass is 10.2. The van der Waals surface area contributed by atoms with Crippen LogP contribution in [0.1, 0.15) is 18.2 Å². The molecule has 3 rings (SSSR count). The van der Waals surface area contributed by atoms with Gasteiger partial charge >= 0.3 is 0 Å². The van der Waals surface area contributed by atoms with E-state index in [1.807, 2.05) is 55.1 Å². The maximum Gasteiger partial charge on any atom is 0.228 e. The SMILES string of the molecule is CCOc1ccccc1CN(C)C(=O)Cc1csc(-c2ccsc2)n1. The fourth-order valence-corrected chi connectivity index (χ4v) is 4.00. The van der Waals surface area contributed by atoms with Gasteiger partial charge in [0.15, 0.2) is 0 Å². The van der Waals surface area contributed by atoms with Crippen molar-refractivity contribution in [2.45, 2.75) is 19.9 Å². The minimum Gasteiger partial charge on any atom is -0.494 e. The zero-order chi connectivity index (χ0) is 17.6. The van der Waals surface area contributed by atoms with Crippen LogP contribution in [0, 0.1) is 0 Å². The first-order valence-corrected chi connectivity index (χ1v) is 9.91. The summed E-state index contributed by atoms with van der Waals surface area (Å²) in [6, 6.07) is 9.88. The molecule has 2 aromatic heterocycles. The van der Waals surface area contributed by atoms with Crippen LogP contribution in [0.15, 0.2) is 46.5 Å². The van der Waals surface area contributed by atoms with Crippen molar-refractivity contribution in [2.75, 3.05) is 13.7 Å². The van der Waals surface area contributed by atoms with Gasteiger partial charge < -0.3 is 9.64 Å². The van der Waals surface area contributed by atoms with Gasteiger partial charge in [0.2, 0.25) is 5.91 Å². The van der Waals surface area contributed by atoms with Crippen LogP contribution in [0.3, 0.4) is 0 Å². The number of hydrogen-bond donors (Lipinski definition) is 0. The van der Waals surface area contributed by atoms with E-state index in [1.165, 1.54) is 0 Å². The van der Waals surface area contributed by atoms with Crippen molar-refractivity contribution in [2.24, 2.45) is 0 Å². The number of likely N-dealkylation sites (N-methyl/N-ethyl adjacent to an activating group) is 1. The fraction of sp³-hybridized carbons (Fsp3) is 0.263. The van der Waals surface area contributed by atoms with Gasteiger partial charge in [0.1, 0.15) is 10.8 Å². The molecule has 0 fully saturated rings. The van der Waals surface area contributed by atoms with Gasteiger partial charge in [0, 0.05) is 35.5 Å². The molecule has 0 aliphatic heterocycles. The number of amides is 1. The van der Waals surface area contributed by atoms with Crippen LogP contribution in [-0.4, -0.2) is 29.4 Å². The van der Waals surface area contributed by atoms with E-state index >= 15 is 0 Å². The van der Waals surface area contributed by atoms with Crippen molar-refractivity contribution in [1.29, 1.82) is 0 Å². The van der Waals surface area contributed by atoms with E-state index in [2.05, 4.69) is 10.4 Å². The van der Waals surface area contributed by atoms with Gasteiger partial charge in [-0.3, -0.25) is 4.79 Å². The summed E-state index contributed by atoms with van der Waals surface area (Å²) in [7, 11) is 1.82. The summed E-state index contributed by atoms with van der Waals surface area (Å²) in [6.45, 7) is 3.09.